The van der Waals surface area contributed by atoms with Crippen LogP contribution in [0.4, 0.5) is 0 Å². The molecule has 0 spiro atoms. The second kappa shape index (κ2) is 3.54. The molecular formula is C10H13N3O2. The zero-order chi connectivity index (χ0) is 10.9. The highest BCUT2D eigenvalue weighted by Crippen LogP contribution is 2.32. The third-order valence-corrected chi connectivity index (χ3v) is 2.85. The van der Waals surface area contributed by atoms with E-state index < -0.39 is 11.5 Å². The van der Waals surface area contributed by atoms with Crippen molar-refractivity contribution in [3.05, 3.63) is 0 Å². The molecule has 1 unspecified atom stereocenters. The molecule has 15 heavy (non-hydrogen) atoms. The molecule has 0 bridgehead atoms. The molecule has 80 valence electrons. The van der Waals surface area contributed by atoms with Gasteiger partial charge in [-0.05, 0) is 19.3 Å². The van der Waals surface area contributed by atoms with Gasteiger partial charge in [0.05, 0.1) is 7.11 Å². The number of methoxy groups -OCH3 is 1. The largest absolute Gasteiger partial charge is 0.466 e. The highest BCUT2D eigenvalue weighted by Gasteiger charge is 2.59. The van der Waals surface area contributed by atoms with Gasteiger partial charge in [-0.15, -0.1) is 0 Å². The quantitative estimate of drug-likeness (QED) is 0.581. The number of ether oxygens (including phenoxy) is 1. The van der Waals surface area contributed by atoms with E-state index in [1.807, 2.05) is 11.0 Å². The van der Waals surface area contributed by atoms with Crippen LogP contribution in [0.15, 0.2) is 4.99 Å². The first kappa shape index (κ1) is 9.97. The minimum atomic E-state index is -1.31. The minimum absolute atomic E-state index is 0.564. The number of carbonyl (C=O) groups is 1. The van der Waals surface area contributed by atoms with Crippen molar-refractivity contribution in [1.29, 1.82) is 5.26 Å². The third kappa shape index (κ3) is 1.46. The molecule has 2 heterocycles. The second-order valence-electron chi connectivity index (χ2n) is 3.80. The maximum atomic E-state index is 11.4. The van der Waals surface area contributed by atoms with Crippen molar-refractivity contribution in [1.82, 2.24) is 4.90 Å². The summed E-state index contributed by atoms with van der Waals surface area (Å²) in [5.41, 5.74) is -1.31. The summed E-state index contributed by atoms with van der Waals surface area (Å²) < 4.78 is 4.59. The van der Waals surface area contributed by atoms with Gasteiger partial charge in [0, 0.05) is 13.1 Å². The highest BCUT2D eigenvalue weighted by molar-refractivity contribution is 6.23. The number of esters is 1. The van der Waals surface area contributed by atoms with Crippen LogP contribution < -0.4 is 0 Å². The molecule has 2 aliphatic rings. The SMILES string of the molecule is COC(=O)C1(C#N)N=C1N1CCCCC1. The molecule has 0 N–H and O–H groups in total. The molecule has 1 fully saturated rings. The van der Waals surface area contributed by atoms with Crippen molar-refractivity contribution in [3.8, 4) is 6.07 Å². The summed E-state index contributed by atoms with van der Waals surface area (Å²) in [6.07, 6.45) is 3.41. The zero-order valence-electron chi connectivity index (χ0n) is 8.69. The smallest absolute Gasteiger partial charge is 0.356 e. The standard InChI is InChI=1S/C10H13N3O2/c1-15-9(14)10(7-11)8(12-10)13-5-3-2-4-6-13/h2-6H2,1H3. The molecule has 0 radical (unpaired) electrons. The molecule has 0 aliphatic carbocycles. The lowest BCUT2D eigenvalue weighted by molar-refractivity contribution is -0.141. The first-order valence-corrected chi connectivity index (χ1v) is 5.09. The van der Waals surface area contributed by atoms with Gasteiger partial charge < -0.3 is 9.64 Å². The van der Waals surface area contributed by atoms with E-state index in [0.717, 1.165) is 25.9 Å². The van der Waals surface area contributed by atoms with Gasteiger partial charge in [-0.2, -0.15) is 5.26 Å². The normalized spacial score (nSPS) is 29.1. The predicted molar refractivity (Wildman–Crippen MR) is 53.2 cm³/mol. The van der Waals surface area contributed by atoms with E-state index in [1.54, 1.807) is 0 Å². The van der Waals surface area contributed by atoms with Gasteiger partial charge in [-0.3, -0.25) is 0 Å². The van der Waals surface area contributed by atoms with Crippen LogP contribution in [0.5, 0.6) is 0 Å². The van der Waals surface area contributed by atoms with Crippen molar-refractivity contribution < 1.29 is 9.53 Å². The molecule has 0 aromatic heterocycles. The van der Waals surface area contributed by atoms with E-state index in [9.17, 15) is 4.79 Å². The fraction of sp³-hybridized carbons (Fsp3) is 0.700. The maximum Gasteiger partial charge on any atom is 0.356 e. The van der Waals surface area contributed by atoms with E-state index in [1.165, 1.54) is 13.5 Å². The van der Waals surface area contributed by atoms with Gasteiger partial charge in [0.2, 0.25) is 0 Å². The van der Waals surface area contributed by atoms with Gasteiger partial charge in [0.15, 0.2) is 5.84 Å². The number of rotatable bonds is 1. The summed E-state index contributed by atoms with van der Waals surface area (Å²) >= 11 is 0. The van der Waals surface area contributed by atoms with Gasteiger partial charge in [0.1, 0.15) is 6.07 Å². The Kier molecular flexibility index (Phi) is 2.35. The number of nitriles is 1. The molecule has 5 nitrogen and oxygen atoms in total. The van der Waals surface area contributed by atoms with Crippen LogP contribution in [0.1, 0.15) is 19.3 Å². The Morgan fingerprint density at radius 2 is 2.20 bits per heavy atom. The summed E-state index contributed by atoms with van der Waals surface area (Å²) in [5, 5.41) is 8.97. The van der Waals surface area contributed by atoms with Crippen LogP contribution in [0.25, 0.3) is 0 Å². The van der Waals surface area contributed by atoms with Gasteiger partial charge in [-0.1, -0.05) is 0 Å². The number of hydrogen-bond acceptors (Lipinski definition) is 5. The minimum Gasteiger partial charge on any atom is -0.466 e. The molecule has 0 aromatic carbocycles. The van der Waals surface area contributed by atoms with Crippen molar-refractivity contribution >= 4 is 11.8 Å². The van der Waals surface area contributed by atoms with Crippen LogP contribution in [-0.4, -0.2) is 42.4 Å². The van der Waals surface area contributed by atoms with Crippen LogP contribution in [0.3, 0.4) is 0 Å². The Bertz CT molecular complexity index is 352. The van der Waals surface area contributed by atoms with Gasteiger partial charge >= 0.3 is 11.5 Å². The summed E-state index contributed by atoms with van der Waals surface area (Å²) in [7, 11) is 1.28. The van der Waals surface area contributed by atoms with Crippen LogP contribution in [-0.2, 0) is 9.53 Å². The Balaban J connectivity index is 2.05. The van der Waals surface area contributed by atoms with Crippen molar-refractivity contribution in [3.63, 3.8) is 0 Å². The van der Waals surface area contributed by atoms with E-state index in [2.05, 4.69) is 9.73 Å². The van der Waals surface area contributed by atoms with E-state index >= 15 is 0 Å². The lowest BCUT2D eigenvalue weighted by atomic mass is 10.1. The fourth-order valence-corrected chi connectivity index (χ4v) is 1.94. The summed E-state index contributed by atoms with van der Waals surface area (Å²) in [6, 6.07) is 1.93. The Hall–Kier alpha value is -1.57. The average Bonchev–Trinajstić information content (AvgIpc) is 3.05. The van der Waals surface area contributed by atoms with Gasteiger partial charge in [0.25, 0.3) is 0 Å². The monoisotopic (exact) mass is 207 g/mol. The Morgan fingerprint density at radius 3 is 2.73 bits per heavy atom. The first-order valence-electron chi connectivity index (χ1n) is 5.09. The predicted octanol–water partition coefficient (Wildman–Crippen LogP) is 0.320. The van der Waals surface area contributed by atoms with Crippen LogP contribution >= 0.6 is 0 Å². The van der Waals surface area contributed by atoms with Crippen molar-refractivity contribution in [2.24, 2.45) is 4.99 Å². The highest BCUT2D eigenvalue weighted by atomic mass is 16.5. The number of aliphatic imine (C=N–C) groups is 1. The third-order valence-electron chi connectivity index (χ3n) is 2.85. The number of likely N-dealkylation sites (tertiary alicyclic amines) is 1. The lowest BCUT2D eigenvalue weighted by Gasteiger charge is -2.25. The number of piperidine rings is 1. The topological polar surface area (TPSA) is 65.7 Å². The van der Waals surface area contributed by atoms with E-state index in [0.29, 0.717) is 5.84 Å². The molecule has 1 atom stereocenters. The molecule has 2 rings (SSSR count). The van der Waals surface area contributed by atoms with Crippen molar-refractivity contribution in [2.75, 3.05) is 20.2 Å². The summed E-state index contributed by atoms with van der Waals surface area (Å²) in [4.78, 5) is 17.4. The van der Waals surface area contributed by atoms with Crippen LogP contribution in [0.2, 0.25) is 0 Å². The van der Waals surface area contributed by atoms with Gasteiger partial charge in [-0.25, -0.2) is 9.79 Å². The first-order chi connectivity index (χ1) is 7.24. The Morgan fingerprint density at radius 1 is 1.53 bits per heavy atom. The number of carbonyl (C=O) groups excluding carboxylic acids is 1. The molecule has 0 amide bonds. The maximum absolute atomic E-state index is 11.4. The molecule has 1 saturated heterocycles. The average molecular weight is 207 g/mol. The molecule has 0 saturated carbocycles. The fourth-order valence-electron chi connectivity index (χ4n) is 1.94. The van der Waals surface area contributed by atoms with Crippen LogP contribution in [0, 0.1) is 11.3 Å². The number of hydrogen-bond donors (Lipinski definition) is 0. The molecule has 0 aromatic rings. The number of nitrogens with zero attached hydrogens (tertiary/aromatic N) is 3. The Labute approximate surface area is 88.3 Å². The van der Waals surface area contributed by atoms with Crippen molar-refractivity contribution in [2.45, 2.75) is 24.8 Å². The summed E-state index contributed by atoms with van der Waals surface area (Å²) in [6.45, 7) is 1.78. The second-order valence-corrected chi connectivity index (χ2v) is 3.80. The van der Waals surface area contributed by atoms with E-state index in [4.69, 9.17) is 5.26 Å². The molecule has 2 aliphatic heterocycles. The molecule has 5 heteroatoms. The zero-order valence-corrected chi connectivity index (χ0v) is 8.69. The van der Waals surface area contributed by atoms with E-state index in [-0.39, 0.29) is 0 Å². The number of amidine groups is 1. The summed E-state index contributed by atoms with van der Waals surface area (Å²) in [5.74, 6) is 0.0297. The lowest BCUT2D eigenvalue weighted by Crippen LogP contribution is -2.41. The molecular weight excluding hydrogens is 194 g/mol.